The standard InChI is InChI=1S/C16H18ClN3O/c1-20(10-11-5-7-12(17)8-6-11)16(21)13-3-2-4-15-14(13)9-18-19-15/h5-9,13H,2-4,10H2,1H3,(H,18,19)/t13-/m0/s1. The number of aryl methyl sites for hydroxylation is 1. The molecule has 1 aliphatic carbocycles. The second kappa shape index (κ2) is 5.90. The summed E-state index contributed by atoms with van der Waals surface area (Å²) in [6.45, 7) is 0.597. The Labute approximate surface area is 129 Å². The normalized spacial score (nSPS) is 17.3. The number of aromatic nitrogens is 2. The Kier molecular flexibility index (Phi) is 3.97. The zero-order valence-corrected chi connectivity index (χ0v) is 12.7. The van der Waals surface area contributed by atoms with Gasteiger partial charge in [-0.15, -0.1) is 0 Å². The lowest BCUT2D eigenvalue weighted by atomic mass is 9.86. The van der Waals surface area contributed by atoms with Crippen LogP contribution >= 0.6 is 11.6 Å². The van der Waals surface area contributed by atoms with Gasteiger partial charge in [-0.25, -0.2) is 0 Å². The highest BCUT2D eigenvalue weighted by Crippen LogP contribution is 2.31. The lowest BCUT2D eigenvalue weighted by Crippen LogP contribution is -2.32. The van der Waals surface area contributed by atoms with Crippen molar-refractivity contribution in [2.75, 3.05) is 7.05 Å². The predicted molar refractivity (Wildman–Crippen MR) is 82.2 cm³/mol. The summed E-state index contributed by atoms with van der Waals surface area (Å²) in [5.74, 6) is 0.0945. The van der Waals surface area contributed by atoms with Crippen molar-refractivity contribution >= 4 is 17.5 Å². The van der Waals surface area contributed by atoms with Crippen LogP contribution in [0.15, 0.2) is 30.5 Å². The van der Waals surface area contributed by atoms with Crippen LogP contribution in [0.2, 0.25) is 5.02 Å². The predicted octanol–water partition coefficient (Wildman–Crippen LogP) is 3.14. The van der Waals surface area contributed by atoms with Gasteiger partial charge < -0.3 is 4.90 Å². The van der Waals surface area contributed by atoms with Crippen molar-refractivity contribution in [1.29, 1.82) is 0 Å². The number of benzene rings is 1. The Morgan fingerprint density at radius 1 is 1.43 bits per heavy atom. The van der Waals surface area contributed by atoms with E-state index >= 15 is 0 Å². The zero-order valence-electron chi connectivity index (χ0n) is 12.0. The molecule has 1 amide bonds. The highest BCUT2D eigenvalue weighted by Gasteiger charge is 2.29. The van der Waals surface area contributed by atoms with Crippen LogP contribution in [0.1, 0.15) is 35.6 Å². The molecule has 21 heavy (non-hydrogen) atoms. The number of aromatic amines is 1. The van der Waals surface area contributed by atoms with Crippen LogP contribution in [0.25, 0.3) is 0 Å². The van der Waals surface area contributed by atoms with Gasteiger partial charge in [0.1, 0.15) is 0 Å². The molecule has 0 aliphatic heterocycles. The van der Waals surface area contributed by atoms with E-state index in [1.54, 1.807) is 11.1 Å². The number of nitrogens with one attached hydrogen (secondary N) is 1. The second-order valence-electron chi connectivity index (χ2n) is 5.57. The second-order valence-corrected chi connectivity index (χ2v) is 6.01. The topological polar surface area (TPSA) is 49.0 Å². The van der Waals surface area contributed by atoms with E-state index in [1.165, 1.54) is 0 Å². The first-order valence-corrected chi connectivity index (χ1v) is 7.54. The number of likely N-dealkylation sites (N-methyl/N-ethyl adjacent to an activating group) is 1. The molecule has 0 spiro atoms. The summed E-state index contributed by atoms with van der Waals surface area (Å²) in [5, 5.41) is 7.79. The maximum absolute atomic E-state index is 12.7. The molecule has 0 unspecified atom stereocenters. The van der Waals surface area contributed by atoms with Gasteiger partial charge >= 0.3 is 0 Å². The van der Waals surface area contributed by atoms with Crippen molar-refractivity contribution in [3.8, 4) is 0 Å². The van der Waals surface area contributed by atoms with Crippen LogP contribution in [-0.2, 0) is 17.8 Å². The van der Waals surface area contributed by atoms with Gasteiger partial charge in [0, 0.05) is 29.9 Å². The van der Waals surface area contributed by atoms with Gasteiger partial charge in [0.25, 0.3) is 0 Å². The molecule has 4 nitrogen and oxygen atoms in total. The van der Waals surface area contributed by atoms with E-state index in [2.05, 4.69) is 10.2 Å². The summed E-state index contributed by atoms with van der Waals surface area (Å²) in [4.78, 5) is 14.5. The monoisotopic (exact) mass is 303 g/mol. The molecule has 1 aliphatic rings. The third-order valence-corrected chi connectivity index (χ3v) is 4.31. The molecule has 1 atom stereocenters. The third-order valence-electron chi connectivity index (χ3n) is 4.05. The van der Waals surface area contributed by atoms with E-state index < -0.39 is 0 Å². The Balaban J connectivity index is 1.72. The Morgan fingerprint density at radius 3 is 2.95 bits per heavy atom. The Hall–Kier alpha value is -1.81. The van der Waals surface area contributed by atoms with Gasteiger partial charge in [-0.1, -0.05) is 23.7 Å². The number of hydrogen-bond donors (Lipinski definition) is 1. The Bertz CT molecular complexity index is 635. The average molecular weight is 304 g/mol. The number of rotatable bonds is 3. The first-order chi connectivity index (χ1) is 10.1. The number of amides is 1. The van der Waals surface area contributed by atoms with Crippen LogP contribution in [0, 0.1) is 0 Å². The van der Waals surface area contributed by atoms with E-state index in [0.29, 0.717) is 11.6 Å². The van der Waals surface area contributed by atoms with E-state index in [4.69, 9.17) is 11.6 Å². The lowest BCUT2D eigenvalue weighted by Gasteiger charge is -2.26. The molecule has 0 bridgehead atoms. The van der Waals surface area contributed by atoms with E-state index in [1.807, 2.05) is 31.3 Å². The van der Waals surface area contributed by atoms with Crippen molar-refractivity contribution in [2.24, 2.45) is 0 Å². The Morgan fingerprint density at radius 2 is 2.19 bits per heavy atom. The van der Waals surface area contributed by atoms with Crippen molar-refractivity contribution in [3.63, 3.8) is 0 Å². The lowest BCUT2D eigenvalue weighted by molar-refractivity contribution is -0.132. The molecule has 1 N–H and O–H groups in total. The molecule has 1 aromatic heterocycles. The maximum Gasteiger partial charge on any atom is 0.230 e. The first kappa shape index (κ1) is 14.1. The fourth-order valence-corrected chi connectivity index (χ4v) is 3.05. The third kappa shape index (κ3) is 2.95. The SMILES string of the molecule is CN(Cc1ccc(Cl)cc1)C(=O)[C@H]1CCCc2[nH]ncc21. The molecule has 1 heterocycles. The first-order valence-electron chi connectivity index (χ1n) is 7.16. The van der Waals surface area contributed by atoms with Gasteiger partial charge in [-0.05, 0) is 37.0 Å². The molecule has 0 radical (unpaired) electrons. The van der Waals surface area contributed by atoms with Gasteiger partial charge in [-0.3, -0.25) is 9.89 Å². The van der Waals surface area contributed by atoms with Gasteiger partial charge in [0.2, 0.25) is 5.91 Å². The van der Waals surface area contributed by atoms with Crippen LogP contribution in [0.3, 0.4) is 0 Å². The molecule has 3 rings (SSSR count). The number of fused-ring (bicyclic) bond motifs is 1. The van der Waals surface area contributed by atoms with E-state index in [0.717, 1.165) is 36.1 Å². The summed E-state index contributed by atoms with van der Waals surface area (Å²) in [7, 11) is 1.85. The number of carbonyl (C=O) groups excluding carboxylic acids is 1. The van der Waals surface area contributed by atoms with Gasteiger partial charge in [0.05, 0.1) is 12.1 Å². The fraction of sp³-hybridized carbons (Fsp3) is 0.375. The average Bonchev–Trinajstić information content (AvgIpc) is 2.97. The van der Waals surface area contributed by atoms with Crippen LogP contribution in [0.5, 0.6) is 0 Å². The largest absolute Gasteiger partial charge is 0.341 e. The quantitative estimate of drug-likeness (QED) is 0.947. The van der Waals surface area contributed by atoms with Crippen molar-refractivity contribution < 1.29 is 4.79 Å². The fourth-order valence-electron chi connectivity index (χ4n) is 2.93. The molecular weight excluding hydrogens is 286 g/mol. The maximum atomic E-state index is 12.7. The molecule has 2 aromatic rings. The van der Waals surface area contributed by atoms with Crippen LogP contribution < -0.4 is 0 Å². The number of H-pyrrole nitrogens is 1. The number of halogens is 1. The minimum Gasteiger partial charge on any atom is -0.341 e. The van der Waals surface area contributed by atoms with E-state index in [9.17, 15) is 4.79 Å². The van der Waals surface area contributed by atoms with Crippen molar-refractivity contribution in [1.82, 2.24) is 15.1 Å². The van der Waals surface area contributed by atoms with Gasteiger partial charge in [0.15, 0.2) is 0 Å². The minimum absolute atomic E-state index is 0.0650. The van der Waals surface area contributed by atoms with Crippen molar-refractivity contribution in [2.45, 2.75) is 31.7 Å². The highest BCUT2D eigenvalue weighted by molar-refractivity contribution is 6.30. The van der Waals surface area contributed by atoms with Crippen LogP contribution in [-0.4, -0.2) is 28.1 Å². The van der Waals surface area contributed by atoms with Crippen LogP contribution in [0.4, 0.5) is 0 Å². The summed E-state index contributed by atoms with van der Waals surface area (Å²) < 4.78 is 0. The molecule has 0 saturated carbocycles. The summed E-state index contributed by atoms with van der Waals surface area (Å²) >= 11 is 5.89. The molecule has 110 valence electrons. The summed E-state index contributed by atoms with van der Waals surface area (Å²) in [6, 6.07) is 7.61. The smallest absolute Gasteiger partial charge is 0.230 e. The molecule has 1 aromatic carbocycles. The molecule has 0 saturated heterocycles. The van der Waals surface area contributed by atoms with Crippen molar-refractivity contribution in [3.05, 3.63) is 52.3 Å². The number of carbonyl (C=O) groups is 1. The highest BCUT2D eigenvalue weighted by atomic mass is 35.5. The molecular formula is C16H18ClN3O. The summed E-state index contributed by atoms with van der Waals surface area (Å²) in [6.07, 6.45) is 4.71. The number of nitrogens with zero attached hydrogens (tertiary/aromatic N) is 2. The minimum atomic E-state index is -0.0650. The zero-order chi connectivity index (χ0) is 14.8. The molecule has 0 fully saturated rings. The van der Waals surface area contributed by atoms with Gasteiger partial charge in [-0.2, -0.15) is 5.10 Å². The number of hydrogen-bond acceptors (Lipinski definition) is 2. The van der Waals surface area contributed by atoms with E-state index in [-0.39, 0.29) is 11.8 Å². The molecule has 5 heteroatoms. The summed E-state index contributed by atoms with van der Waals surface area (Å²) in [5.41, 5.74) is 3.26.